The average Bonchev–Trinajstić information content (AvgIpc) is 2.73. The van der Waals surface area contributed by atoms with Crippen LogP contribution in [0.5, 0.6) is 0 Å². The standard InChI is InChI=1S/C9H5N5O3/c15-9(16)5-3-11-13-6-1-2-10-4-7(6)14(17)12-8(5)13/h1-4H,(H,15,16). The number of pyridine rings is 1. The van der Waals surface area contributed by atoms with Gasteiger partial charge in [-0.15, -0.1) is 0 Å². The van der Waals surface area contributed by atoms with Crippen molar-refractivity contribution in [1.82, 2.24) is 19.7 Å². The van der Waals surface area contributed by atoms with Crippen LogP contribution in [0.25, 0.3) is 16.7 Å². The molecule has 8 heteroatoms. The molecule has 0 aliphatic rings. The Morgan fingerprint density at radius 3 is 3.06 bits per heavy atom. The molecular formula is C9H5N5O3. The van der Waals surface area contributed by atoms with Crippen molar-refractivity contribution in [3.05, 3.63) is 35.4 Å². The van der Waals surface area contributed by atoms with Crippen LogP contribution in [-0.2, 0) is 0 Å². The first-order valence-electron chi connectivity index (χ1n) is 4.63. The lowest BCUT2D eigenvalue weighted by atomic mass is 10.3. The maximum atomic E-state index is 11.6. The fourth-order valence-corrected chi connectivity index (χ4v) is 1.61. The summed E-state index contributed by atoms with van der Waals surface area (Å²) in [5, 5.41) is 28.0. The zero-order valence-corrected chi connectivity index (χ0v) is 8.31. The molecule has 0 amide bonds. The maximum Gasteiger partial charge on any atom is 0.341 e. The molecule has 0 aliphatic carbocycles. The molecule has 1 N–H and O–H groups in total. The second-order valence-corrected chi connectivity index (χ2v) is 3.34. The minimum Gasteiger partial charge on any atom is -0.594 e. The zero-order chi connectivity index (χ0) is 12.0. The van der Waals surface area contributed by atoms with Crippen LogP contribution in [0.15, 0.2) is 24.7 Å². The van der Waals surface area contributed by atoms with E-state index in [0.717, 1.165) is 6.20 Å². The second-order valence-electron chi connectivity index (χ2n) is 3.34. The molecule has 0 atom stereocenters. The Labute approximate surface area is 93.3 Å². The van der Waals surface area contributed by atoms with Crippen LogP contribution in [0.1, 0.15) is 10.4 Å². The highest BCUT2D eigenvalue weighted by atomic mass is 16.5. The minimum absolute atomic E-state index is 0.00574. The van der Waals surface area contributed by atoms with Crippen molar-refractivity contribution in [2.24, 2.45) is 0 Å². The quantitative estimate of drug-likeness (QED) is 0.451. The van der Waals surface area contributed by atoms with E-state index in [-0.39, 0.29) is 16.7 Å². The van der Waals surface area contributed by atoms with Crippen LogP contribution in [-0.4, -0.2) is 30.8 Å². The lowest BCUT2D eigenvalue weighted by Gasteiger charge is -2.00. The number of fused-ring (bicyclic) bond motifs is 3. The summed E-state index contributed by atoms with van der Waals surface area (Å²) in [6.45, 7) is 0. The summed E-state index contributed by atoms with van der Waals surface area (Å²) in [5.74, 6) is -1.18. The number of aromatic nitrogens is 5. The number of carboxylic acid groups (broad SMARTS) is 1. The van der Waals surface area contributed by atoms with Gasteiger partial charge in [0.15, 0.2) is 0 Å². The zero-order valence-electron chi connectivity index (χ0n) is 8.31. The van der Waals surface area contributed by atoms with Crippen molar-refractivity contribution in [2.75, 3.05) is 0 Å². The van der Waals surface area contributed by atoms with Gasteiger partial charge in [-0.3, -0.25) is 4.98 Å². The molecule has 3 aromatic heterocycles. The molecule has 3 rings (SSSR count). The molecule has 0 spiro atoms. The minimum atomic E-state index is -1.18. The predicted molar refractivity (Wildman–Crippen MR) is 54.2 cm³/mol. The molecule has 0 aromatic carbocycles. The van der Waals surface area contributed by atoms with Gasteiger partial charge in [0.1, 0.15) is 17.3 Å². The van der Waals surface area contributed by atoms with Crippen LogP contribution in [0, 0.1) is 5.21 Å². The monoisotopic (exact) mass is 231 g/mol. The van der Waals surface area contributed by atoms with Gasteiger partial charge in [-0.1, -0.05) is 0 Å². The molecule has 3 heterocycles. The number of rotatable bonds is 1. The molecule has 84 valence electrons. The molecule has 8 nitrogen and oxygen atoms in total. The van der Waals surface area contributed by atoms with Gasteiger partial charge in [0.25, 0.3) is 5.52 Å². The summed E-state index contributed by atoms with van der Waals surface area (Å²) in [5.41, 5.74) is 0.562. The molecule has 0 aliphatic heterocycles. The molecule has 0 unspecified atom stereocenters. The van der Waals surface area contributed by atoms with Gasteiger partial charge < -0.3 is 10.3 Å². The van der Waals surface area contributed by atoms with E-state index < -0.39 is 5.97 Å². The van der Waals surface area contributed by atoms with E-state index in [1.807, 2.05) is 0 Å². The number of carboxylic acids is 1. The van der Waals surface area contributed by atoms with Crippen LogP contribution in [0.2, 0.25) is 0 Å². The van der Waals surface area contributed by atoms with Gasteiger partial charge in [-0.25, -0.2) is 9.31 Å². The molecular weight excluding hydrogens is 226 g/mol. The Balaban J connectivity index is 2.54. The van der Waals surface area contributed by atoms with E-state index in [2.05, 4.69) is 15.2 Å². The molecule has 0 bridgehead atoms. The Morgan fingerprint density at radius 2 is 2.29 bits per heavy atom. The molecule has 0 fully saturated rings. The van der Waals surface area contributed by atoms with Crippen LogP contribution < -0.4 is 4.85 Å². The lowest BCUT2D eigenvalue weighted by molar-refractivity contribution is -0.640. The van der Waals surface area contributed by atoms with Crippen LogP contribution >= 0.6 is 0 Å². The molecule has 17 heavy (non-hydrogen) atoms. The van der Waals surface area contributed by atoms with Gasteiger partial charge in [0, 0.05) is 11.3 Å². The Hall–Kier alpha value is -2.77. The summed E-state index contributed by atoms with van der Waals surface area (Å²) >= 11 is 0. The van der Waals surface area contributed by atoms with E-state index in [1.54, 1.807) is 6.07 Å². The first kappa shape index (κ1) is 9.46. The third-order valence-electron chi connectivity index (χ3n) is 2.37. The number of hydrogen-bond acceptors (Lipinski definition) is 5. The van der Waals surface area contributed by atoms with E-state index in [4.69, 9.17) is 5.11 Å². The van der Waals surface area contributed by atoms with Crippen molar-refractivity contribution in [1.29, 1.82) is 0 Å². The van der Waals surface area contributed by atoms with E-state index in [1.165, 1.54) is 16.9 Å². The summed E-state index contributed by atoms with van der Waals surface area (Å²) in [6, 6.07) is 1.57. The average molecular weight is 231 g/mol. The smallest absolute Gasteiger partial charge is 0.341 e. The third kappa shape index (κ3) is 1.20. The highest BCUT2D eigenvalue weighted by molar-refractivity contribution is 5.94. The highest BCUT2D eigenvalue weighted by Gasteiger charge is 2.19. The van der Waals surface area contributed by atoms with Crippen molar-refractivity contribution in [3.63, 3.8) is 0 Å². The van der Waals surface area contributed by atoms with E-state index in [9.17, 15) is 10.0 Å². The number of hydrogen-bond donors (Lipinski definition) is 1. The molecule has 0 saturated heterocycles. The number of nitrogens with zero attached hydrogens (tertiary/aromatic N) is 5. The topological polar surface area (TPSA) is 107 Å². The fraction of sp³-hybridized carbons (Fsp3) is 0. The summed E-state index contributed by atoms with van der Waals surface area (Å²) in [4.78, 5) is 15.0. The van der Waals surface area contributed by atoms with Gasteiger partial charge in [-0.05, 0) is 10.9 Å². The molecule has 0 saturated carbocycles. The van der Waals surface area contributed by atoms with Crippen molar-refractivity contribution < 1.29 is 14.7 Å². The number of carbonyl (C=O) groups is 1. The number of aromatic carboxylic acids is 1. The highest BCUT2D eigenvalue weighted by Crippen LogP contribution is 2.12. The normalized spacial score (nSPS) is 11.1. The summed E-state index contributed by atoms with van der Waals surface area (Å²) < 4.78 is 1.30. The van der Waals surface area contributed by atoms with E-state index in [0.29, 0.717) is 10.4 Å². The predicted octanol–water partition coefficient (Wildman–Crippen LogP) is -0.391. The van der Waals surface area contributed by atoms with E-state index >= 15 is 0 Å². The second kappa shape index (κ2) is 3.11. The Bertz CT molecular complexity index is 751. The van der Waals surface area contributed by atoms with Gasteiger partial charge in [0.2, 0.25) is 5.65 Å². The van der Waals surface area contributed by atoms with Crippen LogP contribution in [0.3, 0.4) is 0 Å². The lowest BCUT2D eigenvalue weighted by Crippen LogP contribution is -2.33. The Morgan fingerprint density at radius 1 is 1.47 bits per heavy atom. The molecule has 3 aromatic rings. The summed E-state index contributed by atoms with van der Waals surface area (Å²) in [7, 11) is 0. The molecule has 0 radical (unpaired) electrons. The third-order valence-corrected chi connectivity index (χ3v) is 2.37. The SMILES string of the molecule is O=C(O)c1cnn2c1n[n+]([O-])c1cnccc12. The summed E-state index contributed by atoms with van der Waals surface area (Å²) in [6.07, 6.45) is 3.99. The fourth-order valence-electron chi connectivity index (χ4n) is 1.61. The van der Waals surface area contributed by atoms with Crippen molar-refractivity contribution >= 4 is 22.6 Å². The van der Waals surface area contributed by atoms with Crippen molar-refractivity contribution in [2.45, 2.75) is 0 Å². The largest absolute Gasteiger partial charge is 0.594 e. The maximum absolute atomic E-state index is 11.6. The first-order valence-corrected chi connectivity index (χ1v) is 4.63. The van der Waals surface area contributed by atoms with Gasteiger partial charge >= 0.3 is 5.97 Å². The Kier molecular flexibility index (Phi) is 1.73. The van der Waals surface area contributed by atoms with Crippen molar-refractivity contribution in [3.8, 4) is 0 Å². The first-order chi connectivity index (χ1) is 8.18. The van der Waals surface area contributed by atoms with Gasteiger partial charge in [0.05, 0.1) is 6.20 Å². The van der Waals surface area contributed by atoms with Gasteiger partial charge in [-0.2, -0.15) is 5.10 Å². The van der Waals surface area contributed by atoms with Crippen LogP contribution in [0.4, 0.5) is 0 Å².